The molecule has 0 aliphatic carbocycles. The number of carbonyl (C=O) groups excluding carboxylic acids is 1. The van der Waals surface area contributed by atoms with Crippen LogP contribution < -0.4 is 10.6 Å². The summed E-state index contributed by atoms with van der Waals surface area (Å²) in [7, 11) is 0. The number of benzene rings is 1. The Morgan fingerprint density at radius 3 is 2.32 bits per heavy atom. The molecule has 34 heavy (non-hydrogen) atoms. The van der Waals surface area contributed by atoms with Crippen LogP contribution in [0.5, 0.6) is 0 Å². The molecule has 0 atom stereocenters. The van der Waals surface area contributed by atoms with Crippen LogP contribution in [0.1, 0.15) is 60.3 Å². The number of nitrogens with zero attached hydrogens (tertiary/aromatic N) is 1. The Morgan fingerprint density at radius 2 is 1.74 bits per heavy atom. The van der Waals surface area contributed by atoms with E-state index in [1.54, 1.807) is 6.20 Å². The van der Waals surface area contributed by atoms with Gasteiger partial charge in [-0.15, -0.1) is 0 Å². The quantitative estimate of drug-likeness (QED) is 0.386. The predicted molar refractivity (Wildman–Crippen MR) is 132 cm³/mol. The Bertz CT molecular complexity index is 979. The summed E-state index contributed by atoms with van der Waals surface area (Å²) in [4.78, 5) is 35.7. The first-order chi connectivity index (χ1) is 16.2. The summed E-state index contributed by atoms with van der Waals surface area (Å²) in [6.07, 6.45) is 3.71. The van der Waals surface area contributed by atoms with Gasteiger partial charge in [-0.05, 0) is 60.7 Å². The van der Waals surface area contributed by atoms with Crippen molar-refractivity contribution in [3.63, 3.8) is 0 Å². The lowest BCUT2D eigenvalue weighted by Crippen LogP contribution is -2.16. The number of carbonyl (C=O) groups is 3. The monoisotopic (exact) mass is 489 g/mol. The van der Waals surface area contributed by atoms with Crippen LogP contribution in [0.2, 0.25) is 5.02 Å². The lowest BCUT2D eigenvalue weighted by atomic mass is 10.0. The molecule has 3 rings (SSSR count). The topological polar surface area (TPSA) is 129 Å². The number of rotatable bonds is 9. The summed E-state index contributed by atoms with van der Waals surface area (Å²) in [5.74, 6) is -1.71. The maximum absolute atomic E-state index is 12.1. The van der Waals surface area contributed by atoms with Crippen LogP contribution >= 0.6 is 11.6 Å². The van der Waals surface area contributed by atoms with Crippen molar-refractivity contribution in [2.75, 3.05) is 18.4 Å². The van der Waals surface area contributed by atoms with Crippen LogP contribution in [-0.4, -0.2) is 46.0 Å². The molecule has 1 aliphatic heterocycles. The highest BCUT2D eigenvalue weighted by Gasteiger charge is 2.15. The molecule has 0 saturated heterocycles. The number of fused-ring (bicyclic) bond motifs is 1. The third-order valence-corrected chi connectivity index (χ3v) is 5.52. The number of anilines is 1. The Hall–Kier alpha value is -2.97. The maximum atomic E-state index is 12.1. The highest BCUT2D eigenvalue weighted by Crippen LogP contribution is 2.31. The molecular weight excluding hydrogens is 458 g/mol. The van der Waals surface area contributed by atoms with Crippen molar-refractivity contribution in [3.05, 3.63) is 57.9 Å². The lowest BCUT2D eigenvalue weighted by molar-refractivity contribution is -0.143. The summed E-state index contributed by atoms with van der Waals surface area (Å²) in [5, 5.41) is 23.5. The molecular formula is C25H32ClN3O5. The fourth-order valence-corrected chi connectivity index (χ4v) is 3.75. The molecule has 0 amide bonds. The summed E-state index contributed by atoms with van der Waals surface area (Å²) < 4.78 is 0. The van der Waals surface area contributed by atoms with Crippen LogP contribution in [0.3, 0.4) is 0 Å². The van der Waals surface area contributed by atoms with E-state index in [1.165, 1.54) is 11.1 Å². The second-order valence-corrected chi connectivity index (χ2v) is 8.93. The van der Waals surface area contributed by atoms with Gasteiger partial charge in [0.15, 0.2) is 5.78 Å². The Morgan fingerprint density at radius 1 is 1.06 bits per heavy atom. The molecule has 2 heterocycles. The molecule has 0 radical (unpaired) electrons. The van der Waals surface area contributed by atoms with E-state index >= 15 is 0 Å². The number of pyridine rings is 1. The summed E-state index contributed by atoms with van der Waals surface area (Å²) in [5.41, 5.74) is 5.26. The Kier molecular flexibility index (Phi) is 11.0. The van der Waals surface area contributed by atoms with Crippen molar-refractivity contribution in [2.45, 2.75) is 52.5 Å². The van der Waals surface area contributed by atoms with Gasteiger partial charge in [0.2, 0.25) is 0 Å². The van der Waals surface area contributed by atoms with Gasteiger partial charge in [0.05, 0.1) is 23.6 Å². The minimum Gasteiger partial charge on any atom is -0.481 e. The van der Waals surface area contributed by atoms with Gasteiger partial charge < -0.3 is 20.8 Å². The van der Waals surface area contributed by atoms with Gasteiger partial charge in [0.25, 0.3) is 0 Å². The molecule has 2 aromatic rings. The summed E-state index contributed by atoms with van der Waals surface area (Å²) >= 11 is 6.45. The fourth-order valence-electron chi connectivity index (χ4n) is 3.51. The lowest BCUT2D eigenvalue weighted by Gasteiger charge is -2.16. The van der Waals surface area contributed by atoms with Crippen LogP contribution in [0.15, 0.2) is 30.5 Å². The number of aliphatic carboxylic acids is 2. The molecule has 1 aromatic heterocycles. The first-order valence-electron chi connectivity index (χ1n) is 11.3. The predicted octanol–water partition coefficient (Wildman–Crippen LogP) is 4.20. The number of carboxylic acid groups (broad SMARTS) is 2. The summed E-state index contributed by atoms with van der Waals surface area (Å²) in [6.45, 7) is 6.69. The minimum absolute atomic E-state index is 0.100. The zero-order valence-corrected chi connectivity index (χ0v) is 20.3. The van der Waals surface area contributed by atoms with E-state index in [2.05, 4.69) is 21.7 Å². The summed E-state index contributed by atoms with van der Waals surface area (Å²) in [6, 6.07) is 7.88. The van der Waals surface area contributed by atoms with Gasteiger partial charge in [-0.3, -0.25) is 19.4 Å². The van der Waals surface area contributed by atoms with E-state index in [1.807, 2.05) is 32.0 Å². The largest absolute Gasteiger partial charge is 0.481 e. The van der Waals surface area contributed by atoms with E-state index in [4.69, 9.17) is 21.8 Å². The highest BCUT2D eigenvalue weighted by atomic mass is 35.5. The molecule has 1 aliphatic rings. The van der Waals surface area contributed by atoms with E-state index in [0.717, 1.165) is 42.2 Å². The van der Waals surface area contributed by atoms with Gasteiger partial charge in [0.1, 0.15) is 5.69 Å². The number of hydrogen-bond acceptors (Lipinski definition) is 6. The van der Waals surface area contributed by atoms with Gasteiger partial charge in [-0.25, -0.2) is 0 Å². The highest BCUT2D eigenvalue weighted by molar-refractivity contribution is 6.33. The number of Topliss-reactive ketones (excluding diaryl/α,β-unsaturated/α-hetero) is 1. The van der Waals surface area contributed by atoms with E-state index < -0.39 is 11.9 Å². The average molecular weight is 490 g/mol. The van der Waals surface area contributed by atoms with Crippen molar-refractivity contribution >= 4 is 35.0 Å². The zero-order chi connectivity index (χ0) is 25.1. The molecule has 0 saturated carbocycles. The smallest absolute Gasteiger partial charge is 0.303 e. The van der Waals surface area contributed by atoms with Gasteiger partial charge in [-0.1, -0.05) is 37.6 Å². The molecule has 0 unspecified atom stereocenters. The number of carboxylic acids is 2. The Labute approximate surface area is 204 Å². The second kappa shape index (κ2) is 13.7. The van der Waals surface area contributed by atoms with E-state index in [-0.39, 0.29) is 18.6 Å². The zero-order valence-electron chi connectivity index (χ0n) is 19.6. The van der Waals surface area contributed by atoms with Crippen LogP contribution in [-0.2, 0) is 29.0 Å². The van der Waals surface area contributed by atoms with Crippen molar-refractivity contribution in [1.29, 1.82) is 0 Å². The minimum atomic E-state index is -1.08. The average Bonchev–Trinajstić information content (AvgIpc) is 3.03. The first kappa shape index (κ1) is 27.3. The number of aromatic nitrogens is 1. The molecule has 4 N–H and O–H groups in total. The third kappa shape index (κ3) is 9.11. The Balaban J connectivity index is 0.000000440. The number of nitrogens with one attached hydrogen (secondary N) is 2. The van der Waals surface area contributed by atoms with Crippen molar-refractivity contribution in [3.8, 4) is 0 Å². The standard InChI is InChI=1S/C21H26ClN3O.C4H6O4/c1-14(2)11-20(26)19-6-3-15(12-24-19)13-25-21-17-8-10-23-9-7-16(17)4-5-18(21)22;5-3(6)1-2-4(7)8/h3-6,12,14,23,25H,7-11,13H2,1-2H3;1-2H2,(H,5,6)(H,7,8). The van der Waals surface area contributed by atoms with Crippen LogP contribution in [0.25, 0.3) is 0 Å². The molecule has 0 fully saturated rings. The van der Waals surface area contributed by atoms with Crippen LogP contribution in [0.4, 0.5) is 5.69 Å². The molecule has 184 valence electrons. The van der Waals surface area contributed by atoms with Crippen molar-refractivity contribution < 1.29 is 24.6 Å². The maximum Gasteiger partial charge on any atom is 0.303 e. The van der Waals surface area contributed by atoms with Crippen LogP contribution in [0, 0.1) is 5.92 Å². The normalized spacial score (nSPS) is 12.7. The number of ketones is 1. The molecule has 1 aromatic carbocycles. The number of hydrogen-bond donors (Lipinski definition) is 4. The van der Waals surface area contributed by atoms with E-state index in [9.17, 15) is 14.4 Å². The number of halogens is 1. The van der Waals surface area contributed by atoms with E-state index in [0.29, 0.717) is 24.6 Å². The van der Waals surface area contributed by atoms with Gasteiger partial charge in [0, 0.05) is 19.2 Å². The van der Waals surface area contributed by atoms with Gasteiger partial charge in [-0.2, -0.15) is 0 Å². The van der Waals surface area contributed by atoms with Gasteiger partial charge >= 0.3 is 11.9 Å². The molecule has 8 nitrogen and oxygen atoms in total. The third-order valence-electron chi connectivity index (χ3n) is 5.21. The van der Waals surface area contributed by atoms with Crippen molar-refractivity contribution in [2.24, 2.45) is 5.92 Å². The fraction of sp³-hybridized carbons (Fsp3) is 0.440. The molecule has 0 bridgehead atoms. The SMILES string of the molecule is CC(C)CC(=O)c1ccc(CNc2c(Cl)ccc3c2CCNCC3)cn1.O=C(O)CCC(=O)O. The molecule has 0 spiro atoms. The molecule has 9 heteroatoms. The second-order valence-electron chi connectivity index (χ2n) is 8.52. The first-order valence-corrected chi connectivity index (χ1v) is 11.7. The van der Waals surface area contributed by atoms with Crippen molar-refractivity contribution in [1.82, 2.24) is 10.3 Å².